The van der Waals surface area contributed by atoms with Crippen LogP contribution in [0.5, 0.6) is 0 Å². The molecule has 1 unspecified atom stereocenters. The van der Waals surface area contributed by atoms with Crippen LogP contribution < -0.4 is 9.62 Å². The molecule has 0 bridgehead atoms. The van der Waals surface area contributed by atoms with Crippen LogP contribution in [-0.4, -0.2) is 43.3 Å². The van der Waals surface area contributed by atoms with E-state index in [1.165, 1.54) is 29.2 Å². The molecule has 0 aliphatic heterocycles. The lowest BCUT2D eigenvalue weighted by molar-refractivity contribution is -0.141. The molecule has 0 heterocycles. The number of rotatable bonds is 10. The molecule has 0 spiro atoms. The maximum atomic E-state index is 14.1. The van der Waals surface area contributed by atoms with E-state index < -0.39 is 34.1 Å². The molecule has 7 nitrogen and oxygen atoms in total. The number of sulfonamides is 1. The fourth-order valence-electron chi connectivity index (χ4n) is 4.20. The first-order valence-corrected chi connectivity index (χ1v) is 15.1. The summed E-state index contributed by atoms with van der Waals surface area (Å²) in [6, 6.07) is 18.8. The first-order valence-electron chi connectivity index (χ1n) is 12.9. The SMILES string of the molecule is CCC(C(=O)NC(C)(C)C)N(Cc1ccc(Cl)cc1)C(=O)CN(c1cccc(C)c1)S(=O)(=O)c1ccc(Cl)cc1. The van der Waals surface area contributed by atoms with Crippen molar-refractivity contribution < 1.29 is 18.0 Å². The zero-order valence-corrected chi connectivity index (χ0v) is 25.6. The quantitative estimate of drug-likeness (QED) is 0.298. The Bertz CT molecular complexity index is 1440. The number of amides is 2. The van der Waals surface area contributed by atoms with Gasteiger partial charge < -0.3 is 10.2 Å². The van der Waals surface area contributed by atoms with E-state index in [9.17, 15) is 18.0 Å². The number of anilines is 1. The van der Waals surface area contributed by atoms with E-state index in [-0.39, 0.29) is 17.3 Å². The number of nitrogens with zero attached hydrogens (tertiary/aromatic N) is 2. The Hall–Kier alpha value is -3.07. The fraction of sp³-hybridized carbons (Fsp3) is 0.333. The van der Waals surface area contributed by atoms with Gasteiger partial charge in [-0.2, -0.15) is 0 Å². The molecule has 214 valence electrons. The number of aryl methyl sites for hydroxylation is 1. The Kier molecular flexibility index (Phi) is 10.3. The Morgan fingerprint density at radius 3 is 2.02 bits per heavy atom. The zero-order chi connectivity index (χ0) is 29.7. The maximum absolute atomic E-state index is 14.1. The molecule has 2 amide bonds. The number of carbonyl (C=O) groups is 2. The first-order chi connectivity index (χ1) is 18.7. The molecular formula is C30H35Cl2N3O4S. The smallest absolute Gasteiger partial charge is 0.264 e. The summed E-state index contributed by atoms with van der Waals surface area (Å²) in [6.45, 7) is 8.83. The zero-order valence-electron chi connectivity index (χ0n) is 23.3. The van der Waals surface area contributed by atoms with E-state index in [0.717, 1.165) is 15.4 Å². The molecule has 0 aliphatic carbocycles. The maximum Gasteiger partial charge on any atom is 0.264 e. The summed E-state index contributed by atoms with van der Waals surface area (Å²) >= 11 is 12.1. The Morgan fingerprint density at radius 1 is 0.925 bits per heavy atom. The average Bonchev–Trinajstić information content (AvgIpc) is 2.87. The highest BCUT2D eigenvalue weighted by atomic mass is 35.5. The van der Waals surface area contributed by atoms with Gasteiger partial charge in [-0.05, 0) is 93.8 Å². The van der Waals surface area contributed by atoms with Crippen molar-refractivity contribution in [3.05, 3.63) is 94.0 Å². The van der Waals surface area contributed by atoms with Gasteiger partial charge >= 0.3 is 0 Å². The van der Waals surface area contributed by atoms with Gasteiger partial charge in [-0.1, -0.05) is 54.4 Å². The van der Waals surface area contributed by atoms with Gasteiger partial charge in [0.1, 0.15) is 12.6 Å². The molecule has 3 rings (SSSR count). The van der Waals surface area contributed by atoms with Crippen LogP contribution in [0.25, 0.3) is 0 Å². The summed E-state index contributed by atoms with van der Waals surface area (Å²) in [5.41, 5.74) is 1.39. The average molecular weight is 605 g/mol. The topological polar surface area (TPSA) is 86.8 Å². The molecular weight excluding hydrogens is 569 g/mol. The number of nitrogens with one attached hydrogen (secondary N) is 1. The van der Waals surface area contributed by atoms with Crippen molar-refractivity contribution in [2.24, 2.45) is 0 Å². The Balaban J connectivity index is 2.07. The molecule has 3 aromatic carbocycles. The van der Waals surface area contributed by atoms with Crippen LogP contribution in [0.1, 0.15) is 45.2 Å². The van der Waals surface area contributed by atoms with Crippen LogP contribution in [0.4, 0.5) is 5.69 Å². The second-order valence-corrected chi connectivity index (χ2v) is 13.4. The molecule has 0 radical (unpaired) electrons. The van der Waals surface area contributed by atoms with Gasteiger partial charge in [0.05, 0.1) is 10.6 Å². The van der Waals surface area contributed by atoms with Crippen LogP contribution >= 0.6 is 23.2 Å². The minimum absolute atomic E-state index is 0.00651. The predicted octanol–water partition coefficient (Wildman–Crippen LogP) is 6.22. The minimum atomic E-state index is -4.17. The first kappa shape index (κ1) is 31.5. The van der Waals surface area contributed by atoms with Gasteiger partial charge in [0.15, 0.2) is 0 Å². The minimum Gasteiger partial charge on any atom is -0.350 e. The van der Waals surface area contributed by atoms with E-state index >= 15 is 0 Å². The normalized spacial score (nSPS) is 12.5. The summed E-state index contributed by atoms with van der Waals surface area (Å²) in [4.78, 5) is 28.9. The van der Waals surface area contributed by atoms with Crippen LogP contribution in [0.2, 0.25) is 10.0 Å². The highest BCUT2D eigenvalue weighted by molar-refractivity contribution is 7.92. The third-order valence-corrected chi connectivity index (χ3v) is 8.41. The van der Waals surface area contributed by atoms with Crippen molar-refractivity contribution in [3.63, 3.8) is 0 Å². The van der Waals surface area contributed by atoms with E-state index in [1.807, 2.05) is 40.7 Å². The van der Waals surface area contributed by atoms with Crippen LogP contribution in [0.3, 0.4) is 0 Å². The van der Waals surface area contributed by atoms with Crippen molar-refractivity contribution in [2.45, 2.75) is 64.1 Å². The molecule has 3 aromatic rings. The van der Waals surface area contributed by atoms with Gasteiger partial charge in [-0.3, -0.25) is 13.9 Å². The van der Waals surface area contributed by atoms with Crippen molar-refractivity contribution in [3.8, 4) is 0 Å². The number of halogens is 2. The lowest BCUT2D eigenvalue weighted by Gasteiger charge is -2.34. The summed E-state index contributed by atoms with van der Waals surface area (Å²) in [5, 5.41) is 3.89. The molecule has 40 heavy (non-hydrogen) atoms. The van der Waals surface area contributed by atoms with Crippen LogP contribution in [0.15, 0.2) is 77.7 Å². The molecule has 0 aliphatic rings. The van der Waals surface area contributed by atoms with Crippen molar-refractivity contribution in [1.29, 1.82) is 0 Å². The Labute approximate surface area is 247 Å². The number of benzene rings is 3. The van der Waals surface area contributed by atoms with Gasteiger partial charge in [-0.15, -0.1) is 0 Å². The molecule has 0 fully saturated rings. The summed E-state index contributed by atoms with van der Waals surface area (Å²) in [6.07, 6.45) is 0.329. The largest absolute Gasteiger partial charge is 0.350 e. The van der Waals surface area contributed by atoms with Crippen molar-refractivity contribution in [2.75, 3.05) is 10.8 Å². The van der Waals surface area contributed by atoms with Crippen LogP contribution in [-0.2, 0) is 26.2 Å². The van der Waals surface area contributed by atoms with E-state index in [1.54, 1.807) is 42.5 Å². The summed E-state index contributed by atoms with van der Waals surface area (Å²) in [5.74, 6) is -0.843. The lowest BCUT2D eigenvalue weighted by Crippen LogP contribution is -2.55. The molecule has 1 atom stereocenters. The van der Waals surface area contributed by atoms with Crippen LogP contribution in [0, 0.1) is 6.92 Å². The molecule has 0 saturated carbocycles. The number of hydrogen-bond acceptors (Lipinski definition) is 4. The highest BCUT2D eigenvalue weighted by Gasteiger charge is 2.34. The van der Waals surface area contributed by atoms with E-state index in [2.05, 4.69) is 5.32 Å². The standard InChI is InChI=1S/C30H35Cl2N3O4S/c1-6-27(29(37)33-30(3,4)5)34(19-22-10-12-23(31)13-11-22)28(36)20-35(25-9-7-8-21(2)18-25)40(38,39)26-16-14-24(32)15-17-26/h7-18,27H,6,19-20H2,1-5H3,(H,33,37). The van der Waals surface area contributed by atoms with Gasteiger partial charge in [0.2, 0.25) is 11.8 Å². The summed E-state index contributed by atoms with van der Waals surface area (Å²) < 4.78 is 28.9. The lowest BCUT2D eigenvalue weighted by atomic mass is 10.1. The van der Waals surface area contributed by atoms with Gasteiger partial charge in [0, 0.05) is 22.1 Å². The van der Waals surface area contributed by atoms with E-state index in [4.69, 9.17) is 23.2 Å². The molecule has 1 N–H and O–H groups in total. The van der Waals surface area contributed by atoms with Gasteiger partial charge in [0.25, 0.3) is 10.0 Å². The third-order valence-electron chi connectivity index (χ3n) is 6.12. The number of carbonyl (C=O) groups excluding carboxylic acids is 2. The highest BCUT2D eigenvalue weighted by Crippen LogP contribution is 2.26. The third kappa shape index (κ3) is 8.22. The fourth-order valence-corrected chi connectivity index (χ4v) is 5.86. The second kappa shape index (κ2) is 13.1. The van der Waals surface area contributed by atoms with E-state index in [0.29, 0.717) is 22.2 Å². The predicted molar refractivity (Wildman–Crippen MR) is 161 cm³/mol. The van der Waals surface area contributed by atoms with Gasteiger partial charge in [-0.25, -0.2) is 8.42 Å². The Morgan fingerprint density at radius 2 is 1.50 bits per heavy atom. The molecule has 0 saturated heterocycles. The van der Waals surface area contributed by atoms with Crippen molar-refractivity contribution in [1.82, 2.24) is 10.2 Å². The van der Waals surface area contributed by atoms with Crippen molar-refractivity contribution >= 4 is 50.7 Å². The molecule has 10 heteroatoms. The number of hydrogen-bond donors (Lipinski definition) is 1. The monoisotopic (exact) mass is 603 g/mol. The summed E-state index contributed by atoms with van der Waals surface area (Å²) in [7, 11) is -4.17. The second-order valence-electron chi connectivity index (χ2n) is 10.6. The molecule has 0 aromatic heterocycles.